The number of methoxy groups -OCH3 is 1. The molecule has 6 nitrogen and oxygen atoms in total. The van der Waals surface area contributed by atoms with Gasteiger partial charge in [0.1, 0.15) is 5.75 Å². The first-order chi connectivity index (χ1) is 12.9. The van der Waals surface area contributed by atoms with E-state index in [4.69, 9.17) is 22.1 Å². The van der Waals surface area contributed by atoms with Crippen molar-refractivity contribution < 1.29 is 9.53 Å². The van der Waals surface area contributed by atoms with Crippen LogP contribution in [0.2, 0.25) is 5.02 Å². The average Bonchev–Trinajstić information content (AvgIpc) is 3.04. The topological polar surface area (TPSA) is 72.5 Å². The van der Waals surface area contributed by atoms with Gasteiger partial charge in [-0.3, -0.25) is 4.79 Å². The monoisotopic (exact) mass is 386 g/mol. The summed E-state index contributed by atoms with van der Waals surface area (Å²) in [4.78, 5) is 14.9. The second kappa shape index (κ2) is 7.90. The Labute approximate surface area is 163 Å². The van der Waals surface area contributed by atoms with Crippen molar-refractivity contribution in [2.24, 2.45) is 0 Å². The fourth-order valence-corrected chi connectivity index (χ4v) is 3.04. The number of rotatable bonds is 6. The minimum atomic E-state index is -0.306. The minimum Gasteiger partial charge on any atom is -0.496 e. The number of hydrogen-bond acceptors (Lipinski definition) is 4. The highest BCUT2D eigenvalue weighted by Gasteiger charge is 2.16. The standard InChI is InChI=1S/C20H23ClN4O2/c1-24(2)8-9-25-7-6-13-4-5-14(10-18(13)25)23-20(26)15-11-16(21)17(22)12-19(15)27-3/h4-7,10-12H,8-9,22H2,1-3H3,(H,23,26). The summed E-state index contributed by atoms with van der Waals surface area (Å²) in [7, 11) is 5.58. The van der Waals surface area contributed by atoms with Crippen LogP contribution in [0.15, 0.2) is 42.6 Å². The molecule has 2 aromatic carbocycles. The first-order valence-corrected chi connectivity index (χ1v) is 8.95. The molecule has 0 aliphatic carbocycles. The summed E-state index contributed by atoms with van der Waals surface area (Å²) in [5, 5.41) is 4.35. The lowest BCUT2D eigenvalue weighted by molar-refractivity contribution is 0.102. The Kier molecular flexibility index (Phi) is 5.58. The van der Waals surface area contributed by atoms with Gasteiger partial charge in [0.15, 0.2) is 0 Å². The molecule has 0 radical (unpaired) electrons. The number of halogens is 1. The van der Waals surface area contributed by atoms with Crippen molar-refractivity contribution in [3.8, 4) is 5.75 Å². The van der Waals surface area contributed by atoms with Gasteiger partial charge < -0.3 is 25.3 Å². The van der Waals surface area contributed by atoms with Crippen molar-refractivity contribution in [1.82, 2.24) is 9.47 Å². The van der Waals surface area contributed by atoms with Crippen LogP contribution in [0, 0.1) is 0 Å². The van der Waals surface area contributed by atoms with Crippen molar-refractivity contribution >= 4 is 39.8 Å². The van der Waals surface area contributed by atoms with Gasteiger partial charge in [0, 0.05) is 31.0 Å². The number of amides is 1. The normalized spacial score (nSPS) is 11.1. The van der Waals surface area contributed by atoms with Crippen LogP contribution >= 0.6 is 11.6 Å². The summed E-state index contributed by atoms with van der Waals surface area (Å²) in [6.07, 6.45) is 2.06. The summed E-state index contributed by atoms with van der Waals surface area (Å²) < 4.78 is 7.44. The van der Waals surface area contributed by atoms with E-state index >= 15 is 0 Å². The van der Waals surface area contributed by atoms with Crippen LogP contribution in [0.3, 0.4) is 0 Å². The lowest BCUT2D eigenvalue weighted by atomic mass is 10.1. The molecule has 0 unspecified atom stereocenters. The van der Waals surface area contributed by atoms with E-state index in [9.17, 15) is 4.79 Å². The van der Waals surface area contributed by atoms with E-state index in [1.54, 1.807) is 6.07 Å². The Morgan fingerprint density at radius 3 is 2.74 bits per heavy atom. The predicted octanol–water partition coefficient (Wildman–Crippen LogP) is 3.70. The van der Waals surface area contributed by atoms with Crippen LogP contribution in [-0.4, -0.2) is 43.1 Å². The van der Waals surface area contributed by atoms with E-state index in [2.05, 4.69) is 27.0 Å². The smallest absolute Gasteiger partial charge is 0.259 e. The molecule has 0 saturated carbocycles. The molecule has 0 saturated heterocycles. The zero-order valence-electron chi connectivity index (χ0n) is 15.6. The molecule has 0 fully saturated rings. The molecule has 0 aliphatic heterocycles. The van der Waals surface area contributed by atoms with E-state index in [1.165, 1.54) is 13.2 Å². The Bertz CT molecular complexity index is 982. The van der Waals surface area contributed by atoms with Crippen molar-refractivity contribution in [2.75, 3.05) is 38.8 Å². The minimum absolute atomic E-state index is 0.306. The quantitative estimate of drug-likeness (QED) is 0.633. The first-order valence-electron chi connectivity index (χ1n) is 8.57. The van der Waals surface area contributed by atoms with Gasteiger partial charge in [-0.2, -0.15) is 0 Å². The van der Waals surface area contributed by atoms with E-state index in [1.807, 2.05) is 32.3 Å². The Morgan fingerprint density at radius 1 is 1.26 bits per heavy atom. The first kappa shape index (κ1) is 19.1. The fraction of sp³-hybridized carbons (Fsp3) is 0.250. The third-order valence-electron chi connectivity index (χ3n) is 4.38. The summed E-state index contributed by atoms with van der Waals surface area (Å²) in [5.41, 5.74) is 8.25. The van der Waals surface area contributed by atoms with Crippen LogP contribution in [-0.2, 0) is 6.54 Å². The number of aromatic nitrogens is 1. The molecule has 0 bridgehead atoms. The van der Waals surface area contributed by atoms with Crippen LogP contribution in [0.4, 0.5) is 11.4 Å². The van der Waals surface area contributed by atoms with Gasteiger partial charge in [-0.15, -0.1) is 0 Å². The van der Waals surface area contributed by atoms with E-state index in [-0.39, 0.29) is 5.91 Å². The number of nitrogen functional groups attached to an aromatic ring is 1. The van der Waals surface area contributed by atoms with Gasteiger partial charge in [0.2, 0.25) is 0 Å². The molecule has 1 heterocycles. The van der Waals surface area contributed by atoms with Crippen molar-refractivity contribution in [3.05, 3.63) is 53.2 Å². The summed E-state index contributed by atoms with van der Waals surface area (Å²) in [6, 6.07) is 11.0. The molecule has 0 atom stereocenters. The maximum atomic E-state index is 12.7. The predicted molar refractivity (Wildman–Crippen MR) is 111 cm³/mol. The van der Waals surface area contributed by atoms with Crippen molar-refractivity contribution in [1.29, 1.82) is 0 Å². The van der Waals surface area contributed by atoms with Crippen molar-refractivity contribution in [3.63, 3.8) is 0 Å². The van der Waals surface area contributed by atoms with Crippen LogP contribution in [0.25, 0.3) is 10.9 Å². The molecule has 0 aliphatic rings. The average molecular weight is 387 g/mol. The number of carbonyl (C=O) groups is 1. The molecule has 3 aromatic rings. The maximum Gasteiger partial charge on any atom is 0.259 e. The Hall–Kier alpha value is -2.70. The molecular formula is C20H23ClN4O2. The maximum absolute atomic E-state index is 12.7. The molecular weight excluding hydrogens is 364 g/mol. The number of carbonyl (C=O) groups excluding carboxylic acids is 1. The van der Waals surface area contributed by atoms with Gasteiger partial charge in [-0.1, -0.05) is 17.7 Å². The molecule has 1 amide bonds. The molecule has 27 heavy (non-hydrogen) atoms. The second-order valence-corrected chi connectivity index (χ2v) is 7.02. The second-order valence-electron chi connectivity index (χ2n) is 6.61. The number of hydrogen-bond donors (Lipinski definition) is 2. The number of nitrogens with zero attached hydrogens (tertiary/aromatic N) is 2. The number of fused-ring (bicyclic) bond motifs is 1. The lowest BCUT2D eigenvalue weighted by Crippen LogP contribution is -2.18. The fourth-order valence-electron chi connectivity index (χ4n) is 2.88. The molecule has 7 heteroatoms. The van der Waals surface area contributed by atoms with E-state index in [0.717, 1.165) is 24.0 Å². The molecule has 1 aromatic heterocycles. The lowest BCUT2D eigenvalue weighted by Gasteiger charge is -2.13. The Balaban J connectivity index is 1.87. The number of ether oxygens (including phenoxy) is 1. The van der Waals surface area contributed by atoms with Crippen LogP contribution in [0.1, 0.15) is 10.4 Å². The zero-order chi connectivity index (χ0) is 19.6. The number of benzene rings is 2. The molecule has 142 valence electrons. The van der Waals surface area contributed by atoms with Gasteiger partial charge in [0.05, 0.1) is 28.9 Å². The van der Waals surface area contributed by atoms with Crippen LogP contribution < -0.4 is 15.8 Å². The number of anilines is 2. The number of likely N-dealkylation sites (N-methyl/N-ethyl adjacent to an activating group) is 1. The number of nitrogens with one attached hydrogen (secondary N) is 1. The van der Waals surface area contributed by atoms with Crippen molar-refractivity contribution in [2.45, 2.75) is 6.54 Å². The SMILES string of the molecule is COc1cc(N)c(Cl)cc1C(=O)Nc1ccc2ccn(CCN(C)C)c2c1. The van der Waals surface area contributed by atoms with Gasteiger partial charge >= 0.3 is 0 Å². The molecule has 0 spiro atoms. The third-order valence-corrected chi connectivity index (χ3v) is 4.71. The van der Waals surface area contributed by atoms with Gasteiger partial charge in [-0.25, -0.2) is 0 Å². The summed E-state index contributed by atoms with van der Waals surface area (Å²) in [5.74, 6) is 0.0735. The van der Waals surface area contributed by atoms with Crippen LogP contribution in [0.5, 0.6) is 5.75 Å². The zero-order valence-corrected chi connectivity index (χ0v) is 16.4. The largest absolute Gasteiger partial charge is 0.496 e. The highest BCUT2D eigenvalue weighted by Crippen LogP contribution is 2.30. The van der Waals surface area contributed by atoms with Gasteiger partial charge in [-0.05, 0) is 43.7 Å². The van der Waals surface area contributed by atoms with E-state index in [0.29, 0.717) is 27.7 Å². The summed E-state index contributed by atoms with van der Waals surface area (Å²) in [6.45, 7) is 1.80. The highest BCUT2D eigenvalue weighted by atomic mass is 35.5. The summed E-state index contributed by atoms with van der Waals surface area (Å²) >= 11 is 6.07. The Morgan fingerprint density at radius 2 is 2.04 bits per heavy atom. The highest BCUT2D eigenvalue weighted by molar-refractivity contribution is 6.33. The number of nitrogens with two attached hydrogens (primary N) is 1. The molecule has 3 rings (SSSR count). The molecule has 3 N–H and O–H groups in total. The third kappa shape index (κ3) is 4.18. The van der Waals surface area contributed by atoms with E-state index < -0.39 is 0 Å². The van der Waals surface area contributed by atoms with Gasteiger partial charge in [0.25, 0.3) is 5.91 Å².